The lowest BCUT2D eigenvalue weighted by molar-refractivity contribution is 0.0750. The highest BCUT2D eigenvalue weighted by Crippen LogP contribution is 2.26. The molecule has 19 heavy (non-hydrogen) atoms. The molecule has 2 rings (SSSR count). The zero-order chi connectivity index (χ0) is 14.0. The van der Waals surface area contributed by atoms with Gasteiger partial charge in [-0.15, -0.1) is 0 Å². The fourth-order valence-electron chi connectivity index (χ4n) is 2.14. The summed E-state index contributed by atoms with van der Waals surface area (Å²) >= 11 is 0. The van der Waals surface area contributed by atoms with E-state index in [1.165, 1.54) is 18.2 Å². The molecule has 1 aliphatic rings. The third-order valence-electron chi connectivity index (χ3n) is 3.19. The van der Waals surface area contributed by atoms with Gasteiger partial charge >= 0.3 is 0 Å². The molecule has 1 unspecified atom stereocenters. The zero-order valence-electron chi connectivity index (χ0n) is 11.5. The van der Waals surface area contributed by atoms with Crippen LogP contribution in [0.1, 0.15) is 16.8 Å². The van der Waals surface area contributed by atoms with Gasteiger partial charge in [0, 0.05) is 13.6 Å². The first-order valence-electron chi connectivity index (χ1n) is 6.34. The Morgan fingerprint density at radius 3 is 2.89 bits per heavy atom. The second kappa shape index (κ2) is 5.57. The molecule has 1 atom stereocenters. The third-order valence-corrected chi connectivity index (χ3v) is 3.19. The molecule has 5 heteroatoms. The van der Waals surface area contributed by atoms with Gasteiger partial charge in [0.15, 0.2) is 0 Å². The van der Waals surface area contributed by atoms with Crippen LogP contribution in [0, 0.1) is 5.82 Å². The van der Waals surface area contributed by atoms with E-state index in [2.05, 4.69) is 4.90 Å². The first-order valence-corrected chi connectivity index (χ1v) is 6.34. The molecule has 0 aromatic heterocycles. The molecule has 1 aliphatic heterocycles. The van der Waals surface area contributed by atoms with Crippen LogP contribution in [0.15, 0.2) is 18.2 Å². The summed E-state index contributed by atoms with van der Waals surface area (Å²) in [6.07, 6.45) is 0.754. The number of halogens is 1. The maximum absolute atomic E-state index is 13.2. The molecular weight excluding hydrogens is 247 g/mol. The van der Waals surface area contributed by atoms with Crippen LogP contribution in [0.25, 0.3) is 0 Å². The van der Waals surface area contributed by atoms with E-state index in [9.17, 15) is 9.18 Å². The van der Waals surface area contributed by atoms with Crippen LogP contribution in [0.5, 0.6) is 5.75 Å². The van der Waals surface area contributed by atoms with Crippen molar-refractivity contribution in [1.29, 1.82) is 0 Å². The number of ether oxygens (including phenoxy) is 1. The number of nitrogens with zero attached hydrogens (tertiary/aromatic N) is 2. The van der Waals surface area contributed by atoms with Crippen molar-refractivity contribution in [2.45, 2.75) is 12.5 Å². The molecule has 0 saturated heterocycles. The molecule has 1 amide bonds. The topological polar surface area (TPSA) is 32.8 Å². The molecule has 1 aromatic rings. The summed E-state index contributed by atoms with van der Waals surface area (Å²) in [5, 5.41) is 0. The smallest absolute Gasteiger partial charge is 0.257 e. The number of carbonyl (C=O) groups excluding carboxylic acids is 1. The summed E-state index contributed by atoms with van der Waals surface area (Å²) in [6.45, 7) is 1.40. The molecule has 0 saturated carbocycles. The number of fused-ring (bicyclic) bond motifs is 1. The van der Waals surface area contributed by atoms with Crippen LogP contribution in [0.2, 0.25) is 0 Å². The van der Waals surface area contributed by atoms with Crippen molar-refractivity contribution in [3.05, 3.63) is 29.6 Å². The van der Waals surface area contributed by atoms with Gasteiger partial charge in [0.25, 0.3) is 5.91 Å². The van der Waals surface area contributed by atoms with Crippen molar-refractivity contribution < 1.29 is 13.9 Å². The Bertz CT molecular complexity index is 477. The number of carbonyl (C=O) groups is 1. The predicted molar refractivity (Wildman–Crippen MR) is 70.9 cm³/mol. The summed E-state index contributed by atoms with van der Waals surface area (Å²) in [6, 6.07) is 4.09. The Hall–Kier alpha value is -1.62. The minimum absolute atomic E-state index is 0.0666. The van der Waals surface area contributed by atoms with Crippen molar-refractivity contribution in [1.82, 2.24) is 9.80 Å². The van der Waals surface area contributed by atoms with E-state index in [0.29, 0.717) is 17.9 Å². The second-order valence-corrected chi connectivity index (χ2v) is 5.16. The Morgan fingerprint density at radius 2 is 2.21 bits per heavy atom. The Kier molecular flexibility index (Phi) is 4.04. The van der Waals surface area contributed by atoms with Crippen molar-refractivity contribution in [3.63, 3.8) is 0 Å². The van der Waals surface area contributed by atoms with Crippen LogP contribution in [0.3, 0.4) is 0 Å². The van der Waals surface area contributed by atoms with Crippen molar-refractivity contribution in [3.8, 4) is 5.75 Å². The van der Waals surface area contributed by atoms with Crippen LogP contribution in [-0.2, 0) is 0 Å². The van der Waals surface area contributed by atoms with Gasteiger partial charge in [-0.2, -0.15) is 0 Å². The van der Waals surface area contributed by atoms with Gasteiger partial charge in [0.2, 0.25) is 0 Å². The molecule has 0 radical (unpaired) electrons. The first kappa shape index (κ1) is 13.8. The normalized spacial score (nSPS) is 19.1. The molecule has 4 nitrogen and oxygen atoms in total. The van der Waals surface area contributed by atoms with Gasteiger partial charge in [0.05, 0.1) is 12.1 Å². The van der Waals surface area contributed by atoms with Crippen LogP contribution in [-0.4, -0.2) is 56.0 Å². The number of benzene rings is 1. The van der Waals surface area contributed by atoms with Gasteiger partial charge in [-0.05, 0) is 38.7 Å². The van der Waals surface area contributed by atoms with E-state index in [0.717, 1.165) is 13.0 Å². The summed E-state index contributed by atoms with van der Waals surface area (Å²) < 4.78 is 19.1. The molecule has 1 heterocycles. The Morgan fingerprint density at radius 1 is 1.47 bits per heavy atom. The summed E-state index contributed by atoms with van der Waals surface area (Å²) in [4.78, 5) is 15.8. The quantitative estimate of drug-likeness (QED) is 0.833. The maximum atomic E-state index is 13.2. The van der Waals surface area contributed by atoms with E-state index in [1.807, 2.05) is 14.1 Å². The molecule has 1 aromatic carbocycles. The number of rotatable bonds is 3. The van der Waals surface area contributed by atoms with E-state index in [4.69, 9.17) is 4.74 Å². The average Bonchev–Trinajstić information content (AvgIpc) is 2.47. The van der Waals surface area contributed by atoms with E-state index < -0.39 is 5.82 Å². The zero-order valence-corrected chi connectivity index (χ0v) is 11.5. The van der Waals surface area contributed by atoms with E-state index in [-0.39, 0.29) is 12.0 Å². The Labute approximate surface area is 112 Å². The van der Waals surface area contributed by atoms with Gasteiger partial charge in [-0.25, -0.2) is 4.39 Å². The third kappa shape index (κ3) is 3.23. The number of amides is 1. The minimum Gasteiger partial charge on any atom is -0.488 e. The van der Waals surface area contributed by atoms with Crippen molar-refractivity contribution in [2.24, 2.45) is 0 Å². The molecule has 0 N–H and O–H groups in total. The SMILES string of the molecule is CN(C)CCC1CN(C)C(=O)c2cc(F)ccc2O1. The fraction of sp³-hybridized carbons (Fsp3) is 0.500. The standard InChI is InChI=1S/C14H19FN2O2/c1-16(2)7-6-11-9-17(3)14(18)12-8-10(15)4-5-13(12)19-11/h4-5,8,11H,6-7,9H2,1-3H3. The Balaban J connectivity index is 2.22. The van der Waals surface area contributed by atoms with Crippen molar-refractivity contribution in [2.75, 3.05) is 34.2 Å². The molecule has 0 bridgehead atoms. The highest BCUT2D eigenvalue weighted by Gasteiger charge is 2.26. The van der Waals surface area contributed by atoms with E-state index in [1.54, 1.807) is 11.9 Å². The molecule has 0 spiro atoms. The van der Waals surface area contributed by atoms with Gasteiger partial charge < -0.3 is 14.5 Å². The van der Waals surface area contributed by atoms with Crippen LogP contribution < -0.4 is 4.74 Å². The number of likely N-dealkylation sites (N-methyl/N-ethyl adjacent to an activating group) is 1. The summed E-state index contributed by atoms with van der Waals surface area (Å²) in [5.41, 5.74) is 0.301. The molecular formula is C14H19FN2O2. The lowest BCUT2D eigenvalue weighted by Crippen LogP contribution is -2.35. The minimum atomic E-state index is -0.421. The highest BCUT2D eigenvalue weighted by molar-refractivity contribution is 5.97. The highest BCUT2D eigenvalue weighted by atomic mass is 19.1. The molecule has 0 fully saturated rings. The predicted octanol–water partition coefficient (Wildman–Crippen LogP) is 1.61. The van der Waals surface area contributed by atoms with E-state index >= 15 is 0 Å². The summed E-state index contributed by atoms with van der Waals surface area (Å²) in [7, 11) is 5.71. The van der Waals surface area contributed by atoms with Gasteiger partial charge in [-0.3, -0.25) is 4.79 Å². The second-order valence-electron chi connectivity index (χ2n) is 5.16. The lowest BCUT2D eigenvalue weighted by Gasteiger charge is -2.22. The molecule has 104 valence electrons. The van der Waals surface area contributed by atoms with Gasteiger partial charge in [-0.1, -0.05) is 0 Å². The monoisotopic (exact) mass is 266 g/mol. The van der Waals surface area contributed by atoms with Crippen LogP contribution >= 0.6 is 0 Å². The van der Waals surface area contributed by atoms with Crippen molar-refractivity contribution >= 4 is 5.91 Å². The van der Waals surface area contributed by atoms with Gasteiger partial charge in [0.1, 0.15) is 17.7 Å². The largest absolute Gasteiger partial charge is 0.488 e. The number of hydrogen-bond acceptors (Lipinski definition) is 3. The first-order chi connectivity index (χ1) is 8.97. The van der Waals surface area contributed by atoms with Crippen LogP contribution in [0.4, 0.5) is 4.39 Å². The fourth-order valence-corrected chi connectivity index (χ4v) is 2.14. The average molecular weight is 266 g/mol. The molecule has 0 aliphatic carbocycles. The number of hydrogen-bond donors (Lipinski definition) is 0. The lowest BCUT2D eigenvalue weighted by atomic mass is 10.2. The summed E-state index contributed by atoms with van der Waals surface area (Å²) in [5.74, 6) is -0.141. The maximum Gasteiger partial charge on any atom is 0.257 e.